The molecule has 1 spiro atoms. The maximum Gasteiger partial charge on any atom is 0.780 e. The van der Waals surface area contributed by atoms with E-state index in [1.54, 1.807) is 0 Å². The Labute approximate surface area is 306 Å². The summed E-state index contributed by atoms with van der Waals surface area (Å²) in [6.07, 6.45) is 7.65. The molecule has 3 unspecified atom stereocenters. The second kappa shape index (κ2) is 9.80. The zero-order valence-corrected chi connectivity index (χ0v) is 31.0. The van der Waals surface area contributed by atoms with Crippen LogP contribution < -0.4 is 9.31 Å². The van der Waals surface area contributed by atoms with Gasteiger partial charge in [-0.05, 0) is 91.3 Å². The number of nitrogens with zero attached hydrogens (tertiary/aromatic N) is 2. The lowest BCUT2D eigenvalue weighted by Crippen LogP contribution is -2.70. The molecule has 0 amide bonds. The summed E-state index contributed by atoms with van der Waals surface area (Å²) >= 11 is 0. The first-order chi connectivity index (χ1) is 25.3. The van der Waals surface area contributed by atoms with Crippen LogP contribution >= 0.6 is 0 Å². The number of para-hydroxylation sites is 2. The molecule has 0 saturated heterocycles. The van der Waals surface area contributed by atoms with Crippen molar-refractivity contribution in [1.29, 1.82) is 0 Å². The van der Waals surface area contributed by atoms with E-state index in [0.717, 1.165) is 11.5 Å². The first kappa shape index (κ1) is 29.8. The van der Waals surface area contributed by atoms with Crippen molar-refractivity contribution in [3.8, 4) is 22.8 Å². The van der Waals surface area contributed by atoms with Crippen LogP contribution in [0.1, 0.15) is 94.2 Å². The molecule has 14 rings (SSSR count). The predicted molar refractivity (Wildman–Crippen MR) is 208 cm³/mol. The lowest BCUT2D eigenvalue weighted by Gasteiger charge is -2.48. The van der Waals surface area contributed by atoms with E-state index in [4.69, 9.17) is 9.31 Å². The molecule has 10 aliphatic rings. The zero-order chi connectivity index (χ0) is 34.9. The van der Waals surface area contributed by atoms with E-state index in [9.17, 15) is 0 Å². The number of aromatic nitrogens is 1. The first-order valence-electron chi connectivity index (χ1n) is 19.9. The van der Waals surface area contributed by atoms with Crippen molar-refractivity contribution in [3.05, 3.63) is 147 Å². The maximum atomic E-state index is 7.63. The van der Waals surface area contributed by atoms with Gasteiger partial charge in [-0.2, -0.15) is 0 Å². The average molecular weight is 681 g/mol. The van der Waals surface area contributed by atoms with Gasteiger partial charge in [-0.25, -0.2) is 0 Å². The van der Waals surface area contributed by atoms with Gasteiger partial charge >= 0.3 is 6.82 Å². The molecule has 5 heterocycles. The number of fused-ring (bicyclic) bond motifs is 6. The maximum absolute atomic E-state index is 7.63. The van der Waals surface area contributed by atoms with E-state index in [1.165, 1.54) is 91.3 Å². The highest BCUT2D eigenvalue weighted by molar-refractivity contribution is 6.63. The molecule has 4 bridgehead atoms. The summed E-state index contributed by atoms with van der Waals surface area (Å²) in [6, 6.07) is 28.9. The number of hydrogen-bond donors (Lipinski definition) is 0. The Morgan fingerprint density at radius 3 is 2.10 bits per heavy atom. The van der Waals surface area contributed by atoms with Crippen molar-refractivity contribution in [2.75, 3.05) is 0 Å². The predicted octanol–water partition coefficient (Wildman–Crippen LogP) is 10.5. The molecule has 258 valence electrons. The van der Waals surface area contributed by atoms with E-state index >= 15 is 0 Å². The van der Waals surface area contributed by atoms with Gasteiger partial charge in [-0.15, -0.1) is 0 Å². The fourth-order valence-corrected chi connectivity index (χ4v) is 12.6. The summed E-state index contributed by atoms with van der Waals surface area (Å²) < 4.78 is 20.5. The molecule has 0 fully saturated rings. The molecule has 6 aliphatic carbocycles. The van der Waals surface area contributed by atoms with Crippen molar-refractivity contribution in [3.63, 3.8) is 0 Å². The van der Waals surface area contributed by atoms with Gasteiger partial charge in [0.25, 0.3) is 0 Å². The minimum atomic E-state index is -2.27. The number of allylic oxidation sites excluding steroid dienone is 6. The molecule has 4 aromatic rings. The minimum absolute atomic E-state index is 0.337. The summed E-state index contributed by atoms with van der Waals surface area (Å²) in [4.78, 5) is 0. The Bertz CT molecular complexity index is 2490. The molecule has 5 heteroatoms. The van der Waals surface area contributed by atoms with Gasteiger partial charge < -0.3 is 18.3 Å². The topological polar surface area (TPSA) is 26.4 Å². The summed E-state index contributed by atoms with van der Waals surface area (Å²) in [5.41, 5.74) is 19.4. The third kappa shape index (κ3) is 3.32. The zero-order valence-electron chi connectivity index (χ0n) is 31.0. The number of rotatable bonds is 3. The second-order valence-corrected chi connectivity index (χ2v) is 17.7. The Kier molecular flexibility index (Phi) is 5.61. The van der Waals surface area contributed by atoms with Gasteiger partial charge in [0.1, 0.15) is 0 Å². The largest absolute Gasteiger partial charge is 0.780 e. The number of hydrogen-bond acceptors (Lipinski definition) is 2. The van der Waals surface area contributed by atoms with Crippen LogP contribution in [0.2, 0.25) is 0 Å². The molecule has 4 nitrogen and oxygen atoms in total. The van der Waals surface area contributed by atoms with Gasteiger partial charge in [0, 0.05) is 51.8 Å². The van der Waals surface area contributed by atoms with Crippen LogP contribution in [0.15, 0.2) is 119 Å². The fourth-order valence-electron chi connectivity index (χ4n) is 12.6. The van der Waals surface area contributed by atoms with Gasteiger partial charge in [0.05, 0.1) is 22.6 Å². The highest BCUT2D eigenvalue weighted by Crippen LogP contribution is 2.66. The number of benzene rings is 3. The Morgan fingerprint density at radius 2 is 1.37 bits per heavy atom. The van der Waals surface area contributed by atoms with Crippen molar-refractivity contribution in [1.82, 2.24) is 4.48 Å². The molecule has 0 saturated carbocycles. The van der Waals surface area contributed by atoms with Crippen molar-refractivity contribution in [2.45, 2.75) is 66.2 Å². The Hall–Kier alpha value is -4.77. The SMILES string of the molecule is CC1=C[C@@H]2C3=C(C4=[N+]5C3=C(c3ccccc3)c3c6c(c7n3[B-]5(Oc3ccccc34)Oc3ccccc3-7)[C@@H]3C(C)=C[C@H]6CC3C(C)C)[C@H]1CC2C(C)C. The summed E-state index contributed by atoms with van der Waals surface area (Å²) in [6.45, 7) is 12.3. The van der Waals surface area contributed by atoms with E-state index in [-0.39, 0.29) is 0 Å². The smallest absolute Gasteiger partial charge is 0.601 e. The molecule has 7 atom stereocenters. The van der Waals surface area contributed by atoms with E-state index < -0.39 is 6.82 Å². The molecule has 0 N–H and O–H groups in total. The first-order valence-corrected chi connectivity index (χ1v) is 19.9. The second-order valence-electron chi connectivity index (χ2n) is 17.7. The highest BCUT2D eigenvalue weighted by Gasteiger charge is 2.69. The van der Waals surface area contributed by atoms with Crippen LogP contribution in [-0.2, 0) is 0 Å². The van der Waals surface area contributed by atoms with Gasteiger partial charge in [-0.1, -0.05) is 106 Å². The van der Waals surface area contributed by atoms with Crippen LogP contribution in [0, 0.1) is 35.5 Å². The summed E-state index contributed by atoms with van der Waals surface area (Å²) in [7, 11) is 0. The lowest BCUT2D eigenvalue weighted by molar-refractivity contribution is -0.374. The van der Waals surface area contributed by atoms with Crippen LogP contribution in [0.5, 0.6) is 11.5 Å². The van der Waals surface area contributed by atoms with Crippen LogP contribution in [0.4, 0.5) is 0 Å². The lowest BCUT2D eigenvalue weighted by atomic mass is 9.58. The monoisotopic (exact) mass is 680 g/mol. The van der Waals surface area contributed by atoms with E-state index in [2.05, 4.69) is 142 Å². The Balaban J connectivity index is 1.30. The van der Waals surface area contributed by atoms with E-state index in [1.807, 2.05) is 0 Å². The molecule has 52 heavy (non-hydrogen) atoms. The quantitative estimate of drug-likeness (QED) is 0.159. The van der Waals surface area contributed by atoms with Crippen molar-refractivity contribution < 1.29 is 13.8 Å². The van der Waals surface area contributed by atoms with Gasteiger partial charge in [-0.3, -0.25) is 0 Å². The van der Waals surface area contributed by atoms with E-state index in [0.29, 0.717) is 47.3 Å². The Morgan fingerprint density at radius 1 is 0.692 bits per heavy atom. The van der Waals surface area contributed by atoms with Crippen molar-refractivity contribution >= 4 is 18.1 Å². The summed E-state index contributed by atoms with van der Waals surface area (Å²) in [5.74, 6) is 5.60. The highest BCUT2D eigenvalue weighted by atomic mass is 16.6. The molecular formula is C47H45BN2O2. The normalized spacial score (nSPS) is 30.7. The van der Waals surface area contributed by atoms with Crippen LogP contribution in [0.3, 0.4) is 0 Å². The average Bonchev–Trinajstić information content (AvgIpc) is 3.71. The minimum Gasteiger partial charge on any atom is -0.601 e. The standard InChI is InChI=1S/C47H45BN2O2/c1-24(2)32-23-34-26(5)21-35(32)42-41(34)44-30-16-10-12-18-36(30)51-48-49(44)47(42)40(28-14-8-7-9-15-28)46-39-29-20-27(6)38(33(22-29)25(3)4)43(39)45(50(46)48)31-17-11-13-19-37(31)52-48/h7-21,24-25,29,32-35,38H,22-23H2,1-6H3/t29-,32?,33?,34-,35-,38+,48?/m0/s1. The third-order valence-electron chi connectivity index (χ3n) is 14.5. The molecule has 1 aromatic heterocycles. The third-order valence-corrected chi connectivity index (χ3v) is 14.5. The van der Waals surface area contributed by atoms with Gasteiger partial charge in [0.2, 0.25) is 0 Å². The summed E-state index contributed by atoms with van der Waals surface area (Å²) in [5, 5.41) is 0. The molecule has 0 radical (unpaired) electrons. The van der Waals surface area contributed by atoms with Crippen molar-refractivity contribution in [2.24, 2.45) is 35.5 Å². The molecular weight excluding hydrogens is 635 g/mol. The molecule has 3 aromatic carbocycles. The molecule has 4 aliphatic heterocycles. The van der Waals surface area contributed by atoms with Gasteiger partial charge in [0.15, 0.2) is 11.4 Å². The fraction of sp³-hybridized carbons (Fsp3) is 0.340. The van der Waals surface area contributed by atoms with Crippen LogP contribution in [0.25, 0.3) is 16.8 Å². The van der Waals surface area contributed by atoms with Crippen LogP contribution in [-0.4, -0.2) is 21.5 Å².